The van der Waals surface area contributed by atoms with Gasteiger partial charge in [-0.15, -0.1) is 0 Å². The number of piperidine rings is 1. The first-order valence-corrected chi connectivity index (χ1v) is 6.61. The van der Waals surface area contributed by atoms with E-state index in [1.165, 1.54) is 23.1 Å². The Balaban J connectivity index is 2.28. The van der Waals surface area contributed by atoms with E-state index in [2.05, 4.69) is 5.43 Å². The molecule has 1 aromatic carbocycles. The number of nitrogens with zero attached hydrogens (tertiary/aromatic N) is 2. The molecule has 1 aliphatic rings. The molecular formula is C13H18N4O4. The number of carbonyl (C=O) groups is 1. The summed E-state index contributed by atoms with van der Waals surface area (Å²) in [6.45, 7) is 2.45. The maximum Gasteiger partial charge on any atom is 0.282 e. The molecule has 0 radical (unpaired) electrons. The Morgan fingerprint density at radius 1 is 1.48 bits per heavy atom. The highest BCUT2D eigenvalue weighted by Crippen LogP contribution is 2.27. The third-order valence-corrected chi connectivity index (χ3v) is 3.72. The second-order valence-electron chi connectivity index (χ2n) is 5.42. The van der Waals surface area contributed by atoms with Crippen molar-refractivity contribution in [3.63, 3.8) is 0 Å². The molecule has 8 nitrogen and oxygen atoms in total. The second-order valence-corrected chi connectivity index (χ2v) is 5.42. The van der Waals surface area contributed by atoms with Crippen LogP contribution in [0.4, 0.5) is 11.4 Å². The maximum atomic E-state index is 12.5. The number of hydrogen-bond acceptors (Lipinski definition) is 6. The normalized spacial score (nSPS) is 17.4. The van der Waals surface area contributed by atoms with Crippen LogP contribution in [0.1, 0.15) is 30.1 Å². The van der Waals surface area contributed by atoms with Crippen LogP contribution in [-0.2, 0) is 0 Å². The second kappa shape index (κ2) is 5.66. The summed E-state index contributed by atoms with van der Waals surface area (Å²) >= 11 is 0. The van der Waals surface area contributed by atoms with E-state index in [0.717, 1.165) is 0 Å². The largest absolute Gasteiger partial charge is 0.390 e. The monoisotopic (exact) mass is 294 g/mol. The predicted octanol–water partition coefficient (Wildman–Crippen LogP) is 0.867. The van der Waals surface area contributed by atoms with Crippen molar-refractivity contribution in [1.82, 2.24) is 4.90 Å². The number of carbonyl (C=O) groups excluding carboxylic acids is 1. The minimum absolute atomic E-state index is 0.00278. The van der Waals surface area contributed by atoms with Gasteiger partial charge in [0.25, 0.3) is 11.6 Å². The third kappa shape index (κ3) is 3.29. The molecule has 0 aliphatic carbocycles. The Morgan fingerprint density at radius 3 is 2.62 bits per heavy atom. The zero-order valence-corrected chi connectivity index (χ0v) is 11.7. The molecule has 0 saturated carbocycles. The number of nitrogen functional groups attached to an aromatic ring is 1. The molecule has 1 aromatic rings. The van der Waals surface area contributed by atoms with Crippen LogP contribution in [-0.4, -0.2) is 39.5 Å². The summed E-state index contributed by atoms with van der Waals surface area (Å²) in [5.74, 6) is 4.86. The first-order valence-electron chi connectivity index (χ1n) is 6.61. The van der Waals surface area contributed by atoms with E-state index in [1.807, 2.05) is 0 Å². The van der Waals surface area contributed by atoms with Gasteiger partial charge < -0.3 is 15.4 Å². The van der Waals surface area contributed by atoms with Crippen molar-refractivity contribution >= 4 is 17.3 Å². The molecule has 1 heterocycles. The van der Waals surface area contributed by atoms with Crippen LogP contribution in [0.2, 0.25) is 0 Å². The van der Waals surface area contributed by atoms with Gasteiger partial charge in [-0.2, -0.15) is 0 Å². The smallest absolute Gasteiger partial charge is 0.282 e. The van der Waals surface area contributed by atoms with E-state index in [9.17, 15) is 20.0 Å². The van der Waals surface area contributed by atoms with Crippen molar-refractivity contribution in [2.75, 3.05) is 18.5 Å². The van der Waals surface area contributed by atoms with Gasteiger partial charge in [-0.05, 0) is 31.9 Å². The zero-order chi connectivity index (χ0) is 15.6. The lowest BCUT2D eigenvalue weighted by Gasteiger charge is -2.35. The number of nitrogens with one attached hydrogen (secondary N) is 1. The van der Waals surface area contributed by atoms with Gasteiger partial charge in [0.15, 0.2) is 0 Å². The lowest BCUT2D eigenvalue weighted by atomic mass is 9.93. The number of anilines is 1. The lowest BCUT2D eigenvalue weighted by molar-refractivity contribution is -0.385. The Kier molecular flexibility index (Phi) is 4.10. The molecule has 0 aromatic heterocycles. The predicted molar refractivity (Wildman–Crippen MR) is 76.7 cm³/mol. The summed E-state index contributed by atoms with van der Waals surface area (Å²) in [6.07, 6.45) is 0.892. The molecular weight excluding hydrogens is 276 g/mol. The fourth-order valence-corrected chi connectivity index (χ4v) is 2.32. The molecule has 21 heavy (non-hydrogen) atoms. The minimum Gasteiger partial charge on any atom is -0.390 e. The highest BCUT2D eigenvalue weighted by molar-refractivity contribution is 5.99. The topological polar surface area (TPSA) is 122 Å². The van der Waals surface area contributed by atoms with Crippen LogP contribution >= 0.6 is 0 Å². The van der Waals surface area contributed by atoms with E-state index in [4.69, 9.17) is 5.84 Å². The van der Waals surface area contributed by atoms with Crippen LogP contribution in [0, 0.1) is 10.1 Å². The number of nitro groups is 1. The van der Waals surface area contributed by atoms with Gasteiger partial charge in [-0.25, -0.2) is 0 Å². The van der Waals surface area contributed by atoms with Gasteiger partial charge in [0.1, 0.15) is 5.56 Å². The summed E-state index contributed by atoms with van der Waals surface area (Å²) in [5.41, 5.74) is 1.75. The maximum absolute atomic E-state index is 12.5. The molecule has 4 N–H and O–H groups in total. The van der Waals surface area contributed by atoms with Crippen molar-refractivity contribution in [3.8, 4) is 0 Å². The SMILES string of the molecule is CC1(O)CCN(C(=O)c2cc(NN)ccc2[N+](=O)[O-])CC1. The minimum atomic E-state index is -0.788. The molecule has 2 rings (SSSR count). The van der Waals surface area contributed by atoms with Gasteiger partial charge in [-0.3, -0.25) is 20.8 Å². The Labute approximate surface area is 121 Å². The van der Waals surface area contributed by atoms with Gasteiger partial charge >= 0.3 is 0 Å². The number of hydrogen-bond donors (Lipinski definition) is 3. The fourth-order valence-electron chi connectivity index (χ4n) is 2.32. The fraction of sp³-hybridized carbons (Fsp3) is 0.462. The van der Waals surface area contributed by atoms with Crippen LogP contribution in [0.25, 0.3) is 0 Å². The quantitative estimate of drug-likeness (QED) is 0.432. The average Bonchev–Trinajstić information content (AvgIpc) is 2.45. The van der Waals surface area contributed by atoms with Gasteiger partial charge in [0.2, 0.25) is 0 Å². The number of benzene rings is 1. The number of hydrazine groups is 1. The van der Waals surface area contributed by atoms with Crippen molar-refractivity contribution in [3.05, 3.63) is 33.9 Å². The molecule has 1 fully saturated rings. The Hall–Kier alpha value is -2.19. The third-order valence-electron chi connectivity index (χ3n) is 3.72. The number of amides is 1. The summed E-state index contributed by atoms with van der Waals surface area (Å²) in [4.78, 5) is 24.5. The van der Waals surface area contributed by atoms with Crippen molar-refractivity contribution in [2.45, 2.75) is 25.4 Å². The highest BCUT2D eigenvalue weighted by Gasteiger charge is 2.32. The van der Waals surface area contributed by atoms with Crippen molar-refractivity contribution in [1.29, 1.82) is 0 Å². The van der Waals surface area contributed by atoms with E-state index in [1.54, 1.807) is 6.92 Å². The van der Waals surface area contributed by atoms with E-state index >= 15 is 0 Å². The number of nitro benzene ring substituents is 1. The molecule has 1 amide bonds. The molecule has 0 atom stereocenters. The van der Waals surface area contributed by atoms with Gasteiger partial charge in [0, 0.05) is 24.8 Å². The Bertz CT molecular complexity index is 563. The number of aliphatic hydroxyl groups is 1. The molecule has 8 heteroatoms. The van der Waals surface area contributed by atoms with Crippen LogP contribution in [0.3, 0.4) is 0 Å². The standard InChI is InChI=1S/C13H18N4O4/c1-13(19)4-6-16(7-5-13)12(18)10-8-9(15-14)2-3-11(10)17(20)21/h2-3,8,15,19H,4-7,14H2,1H3. The lowest BCUT2D eigenvalue weighted by Crippen LogP contribution is -2.45. The molecule has 114 valence electrons. The average molecular weight is 294 g/mol. The van der Waals surface area contributed by atoms with Crippen LogP contribution in [0.5, 0.6) is 0 Å². The van der Waals surface area contributed by atoms with Crippen molar-refractivity contribution in [2.24, 2.45) is 5.84 Å². The molecule has 0 bridgehead atoms. The molecule has 1 saturated heterocycles. The summed E-state index contributed by atoms with van der Waals surface area (Å²) in [5, 5.41) is 21.0. The van der Waals surface area contributed by atoms with E-state index < -0.39 is 16.4 Å². The molecule has 1 aliphatic heterocycles. The van der Waals surface area contributed by atoms with Gasteiger partial charge in [0.05, 0.1) is 10.5 Å². The number of likely N-dealkylation sites (tertiary alicyclic amines) is 1. The molecule has 0 unspecified atom stereocenters. The summed E-state index contributed by atoms with van der Waals surface area (Å²) in [7, 11) is 0. The van der Waals surface area contributed by atoms with E-state index in [0.29, 0.717) is 31.6 Å². The highest BCUT2D eigenvalue weighted by atomic mass is 16.6. The number of rotatable bonds is 3. The summed E-state index contributed by atoms with van der Waals surface area (Å²) < 4.78 is 0. The molecule has 0 spiro atoms. The van der Waals surface area contributed by atoms with Gasteiger partial charge in [-0.1, -0.05) is 0 Å². The first-order chi connectivity index (χ1) is 9.84. The summed E-state index contributed by atoms with van der Waals surface area (Å²) in [6, 6.07) is 4.06. The Morgan fingerprint density at radius 2 is 2.10 bits per heavy atom. The first kappa shape index (κ1) is 15.2. The van der Waals surface area contributed by atoms with Crippen LogP contribution < -0.4 is 11.3 Å². The number of nitrogens with two attached hydrogens (primary N) is 1. The zero-order valence-electron chi connectivity index (χ0n) is 11.7. The van der Waals surface area contributed by atoms with Crippen LogP contribution in [0.15, 0.2) is 18.2 Å². The van der Waals surface area contributed by atoms with E-state index in [-0.39, 0.29) is 11.3 Å². The van der Waals surface area contributed by atoms with Crippen molar-refractivity contribution < 1.29 is 14.8 Å².